The van der Waals surface area contributed by atoms with Crippen molar-refractivity contribution in [2.45, 2.75) is 32.7 Å². The van der Waals surface area contributed by atoms with E-state index in [4.69, 9.17) is 9.84 Å². The maximum absolute atomic E-state index is 12.1. The lowest BCUT2D eigenvalue weighted by Gasteiger charge is -2.24. The highest BCUT2D eigenvalue weighted by atomic mass is 16.5. The number of ether oxygens (including phenoxy) is 1. The molecule has 1 aromatic heterocycles. The topological polar surface area (TPSA) is 68.5 Å². The monoisotopic (exact) mass is 253 g/mol. The van der Waals surface area contributed by atoms with E-state index in [2.05, 4.69) is 0 Å². The van der Waals surface area contributed by atoms with Crippen LogP contribution in [0.15, 0.2) is 16.9 Å². The normalized spacial score (nSPS) is 11.6. The van der Waals surface area contributed by atoms with Crippen LogP contribution in [0.25, 0.3) is 0 Å². The van der Waals surface area contributed by atoms with Crippen LogP contribution in [-0.2, 0) is 16.7 Å². The van der Waals surface area contributed by atoms with Crippen LogP contribution in [0, 0.1) is 0 Å². The van der Waals surface area contributed by atoms with Crippen molar-refractivity contribution in [1.29, 1.82) is 0 Å². The molecule has 1 N–H and O–H groups in total. The number of aromatic nitrogens is 1. The van der Waals surface area contributed by atoms with Gasteiger partial charge in [0.25, 0.3) is 5.56 Å². The molecule has 1 aromatic rings. The van der Waals surface area contributed by atoms with Gasteiger partial charge in [-0.15, -0.1) is 0 Å². The molecule has 0 atom stereocenters. The van der Waals surface area contributed by atoms with Crippen LogP contribution in [0.1, 0.15) is 36.8 Å². The Morgan fingerprint density at radius 2 is 2.00 bits per heavy atom. The zero-order valence-electron chi connectivity index (χ0n) is 11.2. The molecule has 0 amide bonds. The summed E-state index contributed by atoms with van der Waals surface area (Å²) in [6.45, 7) is 6.65. The van der Waals surface area contributed by atoms with Crippen molar-refractivity contribution in [2.24, 2.45) is 0 Å². The van der Waals surface area contributed by atoms with Crippen LogP contribution in [0.5, 0.6) is 0 Å². The first-order valence-corrected chi connectivity index (χ1v) is 5.75. The molecule has 0 unspecified atom stereocenters. The molecule has 5 heteroatoms. The van der Waals surface area contributed by atoms with E-state index in [0.29, 0.717) is 13.2 Å². The molecule has 5 nitrogen and oxygen atoms in total. The first-order chi connectivity index (χ1) is 8.29. The molecule has 0 radical (unpaired) electrons. The fourth-order valence-electron chi connectivity index (χ4n) is 1.80. The van der Waals surface area contributed by atoms with Gasteiger partial charge in [-0.25, -0.2) is 4.79 Å². The summed E-state index contributed by atoms with van der Waals surface area (Å²) < 4.78 is 6.44. The lowest BCUT2D eigenvalue weighted by molar-refractivity contribution is 0.0693. The van der Waals surface area contributed by atoms with E-state index in [-0.39, 0.29) is 11.0 Å². The van der Waals surface area contributed by atoms with Gasteiger partial charge in [0.05, 0.1) is 6.61 Å². The molecule has 0 fully saturated rings. The molecule has 0 saturated carbocycles. The maximum atomic E-state index is 12.1. The minimum Gasteiger partial charge on any atom is -0.477 e. The molecule has 0 aliphatic heterocycles. The third kappa shape index (κ3) is 2.98. The van der Waals surface area contributed by atoms with Crippen molar-refractivity contribution in [3.8, 4) is 0 Å². The second kappa shape index (κ2) is 5.35. The summed E-state index contributed by atoms with van der Waals surface area (Å²) in [6.07, 6.45) is 0. The number of hydrogen-bond donors (Lipinski definition) is 1. The van der Waals surface area contributed by atoms with Crippen molar-refractivity contribution in [3.63, 3.8) is 0 Å². The first-order valence-electron chi connectivity index (χ1n) is 5.75. The molecule has 0 bridgehead atoms. The summed E-state index contributed by atoms with van der Waals surface area (Å²) in [5.74, 6) is -1.20. The number of carboxylic acid groups (broad SMARTS) is 1. The second-order valence-electron chi connectivity index (χ2n) is 5.14. The Hall–Kier alpha value is -1.62. The molecule has 0 aromatic carbocycles. The van der Waals surface area contributed by atoms with Crippen LogP contribution >= 0.6 is 0 Å². The number of methoxy groups -OCH3 is 1. The number of carboxylic acids is 1. The molecular weight excluding hydrogens is 234 g/mol. The van der Waals surface area contributed by atoms with Gasteiger partial charge in [-0.3, -0.25) is 4.79 Å². The zero-order chi connectivity index (χ0) is 13.9. The lowest BCUT2D eigenvalue weighted by atomic mass is 9.90. The molecular formula is C13H19NO4. The predicted molar refractivity (Wildman–Crippen MR) is 68.2 cm³/mol. The Balaban J connectivity index is 3.42. The lowest BCUT2D eigenvalue weighted by Crippen LogP contribution is -2.34. The van der Waals surface area contributed by atoms with Crippen LogP contribution in [0.4, 0.5) is 0 Å². The van der Waals surface area contributed by atoms with Gasteiger partial charge < -0.3 is 14.4 Å². The number of carbonyl (C=O) groups is 1. The van der Waals surface area contributed by atoms with Crippen molar-refractivity contribution in [2.75, 3.05) is 13.7 Å². The van der Waals surface area contributed by atoms with Crippen LogP contribution in [-0.4, -0.2) is 29.4 Å². The van der Waals surface area contributed by atoms with Crippen LogP contribution in [0.2, 0.25) is 0 Å². The van der Waals surface area contributed by atoms with E-state index in [1.165, 1.54) is 10.6 Å². The Bertz CT molecular complexity index is 497. The smallest absolute Gasteiger partial charge is 0.341 e. The van der Waals surface area contributed by atoms with E-state index in [1.807, 2.05) is 20.8 Å². The number of nitrogens with zero attached hydrogens (tertiary/aromatic N) is 1. The maximum Gasteiger partial charge on any atom is 0.341 e. The van der Waals surface area contributed by atoms with Gasteiger partial charge in [0.1, 0.15) is 5.56 Å². The molecule has 1 heterocycles. The average molecular weight is 253 g/mol. The average Bonchev–Trinajstić information content (AvgIpc) is 2.25. The fraction of sp³-hybridized carbons (Fsp3) is 0.538. The van der Waals surface area contributed by atoms with E-state index < -0.39 is 11.5 Å². The summed E-state index contributed by atoms with van der Waals surface area (Å²) in [5.41, 5.74) is -0.121. The number of rotatable bonds is 4. The number of aromatic carboxylic acids is 1. The molecule has 0 saturated heterocycles. The minimum absolute atomic E-state index is 0.209. The Kier molecular flexibility index (Phi) is 4.29. The van der Waals surface area contributed by atoms with Gasteiger partial charge in [-0.05, 0) is 12.1 Å². The van der Waals surface area contributed by atoms with Crippen molar-refractivity contribution >= 4 is 5.97 Å². The summed E-state index contributed by atoms with van der Waals surface area (Å²) in [5, 5.41) is 8.96. The number of pyridine rings is 1. The van der Waals surface area contributed by atoms with E-state index in [0.717, 1.165) is 5.69 Å². The summed E-state index contributed by atoms with van der Waals surface area (Å²) in [4.78, 5) is 23.1. The van der Waals surface area contributed by atoms with Gasteiger partial charge in [0.2, 0.25) is 0 Å². The summed E-state index contributed by atoms with van der Waals surface area (Å²) in [7, 11) is 1.54. The molecule has 18 heavy (non-hydrogen) atoms. The van der Waals surface area contributed by atoms with E-state index >= 15 is 0 Å². The Labute approximate surface area is 106 Å². The standard InChI is InChI=1S/C13H19NO4/c1-13(2,3)10-6-5-9(12(16)17)11(15)14(10)7-8-18-4/h5-6H,7-8H2,1-4H3,(H,16,17). The minimum atomic E-state index is -1.20. The molecule has 0 aliphatic carbocycles. The summed E-state index contributed by atoms with van der Waals surface area (Å²) in [6, 6.07) is 3.06. The van der Waals surface area contributed by atoms with Gasteiger partial charge in [0, 0.05) is 24.8 Å². The predicted octanol–water partition coefficient (Wildman–Crippen LogP) is 1.49. The molecule has 100 valence electrons. The SMILES string of the molecule is COCCn1c(C(C)(C)C)ccc(C(=O)O)c1=O. The highest BCUT2D eigenvalue weighted by Gasteiger charge is 2.21. The molecule has 0 aliphatic rings. The molecule has 0 spiro atoms. The van der Waals surface area contributed by atoms with Gasteiger partial charge >= 0.3 is 5.97 Å². The first kappa shape index (κ1) is 14.4. The van der Waals surface area contributed by atoms with Crippen LogP contribution < -0.4 is 5.56 Å². The third-order valence-electron chi connectivity index (χ3n) is 2.69. The fourth-order valence-corrected chi connectivity index (χ4v) is 1.80. The van der Waals surface area contributed by atoms with E-state index in [9.17, 15) is 9.59 Å². The quantitative estimate of drug-likeness (QED) is 0.882. The third-order valence-corrected chi connectivity index (χ3v) is 2.69. The van der Waals surface area contributed by atoms with Crippen molar-refractivity contribution in [3.05, 3.63) is 33.7 Å². The highest BCUT2D eigenvalue weighted by Crippen LogP contribution is 2.21. The molecule has 1 rings (SSSR count). The Morgan fingerprint density at radius 1 is 1.39 bits per heavy atom. The van der Waals surface area contributed by atoms with Crippen molar-refractivity contribution in [1.82, 2.24) is 4.57 Å². The summed E-state index contributed by atoms with van der Waals surface area (Å²) >= 11 is 0. The Morgan fingerprint density at radius 3 is 2.44 bits per heavy atom. The number of hydrogen-bond acceptors (Lipinski definition) is 3. The van der Waals surface area contributed by atoms with Gasteiger partial charge in [-0.2, -0.15) is 0 Å². The van der Waals surface area contributed by atoms with Gasteiger partial charge in [-0.1, -0.05) is 20.8 Å². The van der Waals surface area contributed by atoms with Crippen molar-refractivity contribution < 1.29 is 14.6 Å². The zero-order valence-corrected chi connectivity index (χ0v) is 11.2. The largest absolute Gasteiger partial charge is 0.477 e. The van der Waals surface area contributed by atoms with Crippen LogP contribution in [0.3, 0.4) is 0 Å². The second-order valence-corrected chi connectivity index (χ2v) is 5.14. The highest BCUT2D eigenvalue weighted by molar-refractivity contribution is 5.87. The van der Waals surface area contributed by atoms with E-state index in [1.54, 1.807) is 13.2 Å². The van der Waals surface area contributed by atoms with Gasteiger partial charge in [0.15, 0.2) is 0 Å².